The van der Waals surface area contributed by atoms with E-state index in [2.05, 4.69) is 0 Å². The van der Waals surface area contributed by atoms with Gasteiger partial charge in [-0.05, 0) is 13.8 Å². The molecule has 8 nitrogen and oxygen atoms in total. The van der Waals surface area contributed by atoms with E-state index in [1.54, 1.807) is 0 Å². The summed E-state index contributed by atoms with van der Waals surface area (Å²) in [6.45, 7) is 2.64. The number of phenols is 2. The Labute approximate surface area is 89.1 Å². The summed E-state index contributed by atoms with van der Waals surface area (Å²) >= 11 is 0. The Morgan fingerprint density at radius 2 is 1.12 bits per heavy atom. The van der Waals surface area contributed by atoms with E-state index in [-0.39, 0.29) is 11.1 Å². The van der Waals surface area contributed by atoms with Crippen molar-refractivity contribution in [2.45, 2.75) is 13.8 Å². The van der Waals surface area contributed by atoms with Crippen molar-refractivity contribution in [2.75, 3.05) is 0 Å². The molecule has 0 fully saturated rings. The van der Waals surface area contributed by atoms with Crippen LogP contribution in [0.25, 0.3) is 0 Å². The van der Waals surface area contributed by atoms with E-state index >= 15 is 0 Å². The summed E-state index contributed by atoms with van der Waals surface area (Å²) in [5.74, 6) is -1.60. The summed E-state index contributed by atoms with van der Waals surface area (Å²) < 4.78 is 0. The fraction of sp³-hybridized carbons (Fsp3) is 0.250. The number of nitrogens with zero attached hydrogens (tertiary/aromatic N) is 2. The van der Waals surface area contributed by atoms with E-state index in [0.29, 0.717) is 0 Å². The van der Waals surface area contributed by atoms with E-state index in [1.165, 1.54) is 13.8 Å². The first kappa shape index (κ1) is 11.7. The molecule has 16 heavy (non-hydrogen) atoms. The minimum atomic E-state index is -1.10. The van der Waals surface area contributed by atoms with Gasteiger partial charge in [-0.1, -0.05) is 0 Å². The number of rotatable bonds is 2. The van der Waals surface area contributed by atoms with Gasteiger partial charge in [0, 0.05) is 11.1 Å². The highest BCUT2D eigenvalue weighted by Crippen LogP contribution is 2.46. The van der Waals surface area contributed by atoms with Crippen LogP contribution in [0.5, 0.6) is 11.5 Å². The lowest BCUT2D eigenvalue weighted by Gasteiger charge is -2.07. The molecule has 0 aromatic heterocycles. The Bertz CT molecular complexity index is 451. The van der Waals surface area contributed by atoms with Crippen LogP contribution in [-0.4, -0.2) is 20.1 Å². The second-order valence-corrected chi connectivity index (χ2v) is 3.16. The van der Waals surface area contributed by atoms with Crippen molar-refractivity contribution in [3.63, 3.8) is 0 Å². The average Bonchev–Trinajstić information content (AvgIpc) is 2.18. The maximum atomic E-state index is 10.6. The van der Waals surface area contributed by atoms with Crippen LogP contribution >= 0.6 is 0 Å². The summed E-state index contributed by atoms with van der Waals surface area (Å²) in [6, 6.07) is 0. The highest BCUT2D eigenvalue weighted by Gasteiger charge is 2.36. The summed E-state index contributed by atoms with van der Waals surface area (Å²) in [5.41, 5.74) is -2.11. The fourth-order valence-electron chi connectivity index (χ4n) is 1.28. The molecule has 0 amide bonds. The molecule has 1 aromatic rings. The van der Waals surface area contributed by atoms with Crippen LogP contribution in [-0.2, 0) is 0 Å². The van der Waals surface area contributed by atoms with Crippen LogP contribution in [0.1, 0.15) is 11.1 Å². The van der Waals surface area contributed by atoms with Gasteiger partial charge >= 0.3 is 11.4 Å². The minimum Gasteiger partial charge on any atom is -0.502 e. The molecule has 0 atom stereocenters. The molecule has 0 heterocycles. The van der Waals surface area contributed by atoms with Gasteiger partial charge in [0.1, 0.15) is 0 Å². The van der Waals surface area contributed by atoms with Crippen molar-refractivity contribution >= 4 is 11.4 Å². The van der Waals surface area contributed by atoms with Crippen molar-refractivity contribution in [1.82, 2.24) is 0 Å². The highest BCUT2D eigenvalue weighted by atomic mass is 16.6. The number of hydrogen-bond donors (Lipinski definition) is 2. The Morgan fingerprint density at radius 1 is 0.875 bits per heavy atom. The first-order valence-electron chi connectivity index (χ1n) is 4.12. The van der Waals surface area contributed by atoms with Gasteiger partial charge < -0.3 is 10.2 Å². The molecule has 1 rings (SSSR count). The molecular weight excluding hydrogens is 220 g/mol. The van der Waals surface area contributed by atoms with Gasteiger partial charge in [-0.15, -0.1) is 0 Å². The van der Waals surface area contributed by atoms with E-state index in [4.69, 9.17) is 0 Å². The zero-order chi connectivity index (χ0) is 12.6. The van der Waals surface area contributed by atoms with Crippen LogP contribution in [0.2, 0.25) is 0 Å². The summed E-state index contributed by atoms with van der Waals surface area (Å²) in [4.78, 5) is 19.0. The van der Waals surface area contributed by atoms with E-state index < -0.39 is 32.7 Å². The Hall–Kier alpha value is -2.38. The molecule has 1 aromatic carbocycles. The second-order valence-electron chi connectivity index (χ2n) is 3.16. The number of nitro groups is 2. The zero-order valence-electron chi connectivity index (χ0n) is 8.42. The standard InChI is InChI=1S/C8H8N2O6/c1-3-4(2)8(12)6(10(15)16)5(7(3)11)9(13)14/h11-12H,1-2H3. The van der Waals surface area contributed by atoms with Gasteiger partial charge in [0.05, 0.1) is 9.85 Å². The highest BCUT2D eigenvalue weighted by molar-refractivity contribution is 5.73. The average molecular weight is 228 g/mol. The minimum absolute atomic E-state index is 0.0369. The number of benzene rings is 1. The number of nitro benzene ring substituents is 2. The molecule has 0 radical (unpaired) electrons. The third-order valence-corrected chi connectivity index (χ3v) is 2.31. The SMILES string of the molecule is Cc1c(C)c(O)c([N+](=O)[O-])c([N+](=O)[O-])c1O. The summed E-state index contributed by atoms with van der Waals surface area (Å²) in [7, 11) is 0. The smallest absolute Gasteiger partial charge is 0.391 e. The van der Waals surface area contributed by atoms with Gasteiger partial charge in [-0.2, -0.15) is 0 Å². The number of aromatic hydroxyl groups is 2. The van der Waals surface area contributed by atoms with Crippen LogP contribution in [0.4, 0.5) is 11.4 Å². The van der Waals surface area contributed by atoms with E-state index in [9.17, 15) is 30.4 Å². The van der Waals surface area contributed by atoms with Crippen molar-refractivity contribution in [2.24, 2.45) is 0 Å². The molecular formula is C8H8N2O6. The lowest BCUT2D eigenvalue weighted by molar-refractivity contribution is -0.423. The fourth-order valence-corrected chi connectivity index (χ4v) is 1.28. The largest absolute Gasteiger partial charge is 0.502 e. The monoisotopic (exact) mass is 228 g/mol. The molecule has 2 N–H and O–H groups in total. The van der Waals surface area contributed by atoms with Gasteiger partial charge in [-0.3, -0.25) is 20.2 Å². The molecule has 0 aliphatic carbocycles. The van der Waals surface area contributed by atoms with Crippen LogP contribution in [0, 0.1) is 34.1 Å². The van der Waals surface area contributed by atoms with E-state index in [0.717, 1.165) is 0 Å². The number of phenolic OH excluding ortho intramolecular Hbond substituents is 2. The molecule has 86 valence electrons. The Balaban J connectivity index is 3.83. The van der Waals surface area contributed by atoms with E-state index in [1.807, 2.05) is 0 Å². The van der Waals surface area contributed by atoms with Gasteiger partial charge in [0.15, 0.2) is 0 Å². The number of hydrogen-bond acceptors (Lipinski definition) is 6. The predicted octanol–water partition coefficient (Wildman–Crippen LogP) is 1.53. The lowest BCUT2D eigenvalue weighted by Crippen LogP contribution is -2.00. The first-order chi connectivity index (χ1) is 7.29. The Kier molecular flexibility index (Phi) is 2.66. The molecule has 0 unspecified atom stereocenters. The van der Waals surface area contributed by atoms with Crippen LogP contribution < -0.4 is 0 Å². The van der Waals surface area contributed by atoms with Crippen molar-refractivity contribution in [3.05, 3.63) is 31.4 Å². The third kappa shape index (κ3) is 1.49. The molecule has 8 heteroatoms. The van der Waals surface area contributed by atoms with Crippen LogP contribution in [0.3, 0.4) is 0 Å². The molecule has 0 aliphatic heterocycles. The molecule has 0 spiro atoms. The topological polar surface area (TPSA) is 127 Å². The molecule has 0 saturated heterocycles. The zero-order valence-corrected chi connectivity index (χ0v) is 8.42. The summed E-state index contributed by atoms with van der Waals surface area (Å²) in [6.07, 6.45) is 0. The maximum Gasteiger partial charge on any atom is 0.391 e. The second kappa shape index (κ2) is 3.65. The quantitative estimate of drug-likeness (QED) is 0.448. The van der Waals surface area contributed by atoms with Crippen molar-refractivity contribution in [1.29, 1.82) is 0 Å². The normalized spacial score (nSPS) is 10.1. The molecule has 0 aliphatic rings. The van der Waals surface area contributed by atoms with Gasteiger partial charge in [0.2, 0.25) is 11.5 Å². The Morgan fingerprint density at radius 3 is 1.31 bits per heavy atom. The predicted molar refractivity (Wildman–Crippen MR) is 52.6 cm³/mol. The summed E-state index contributed by atoms with van der Waals surface area (Å²) in [5, 5.41) is 40.1. The van der Waals surface area contributed by atoms with Crippen LogP contribution in [0.15, 0.2) is 0 Å². The van der Waals surface area contributed by atoms with Gasteiger partial charge in [-0.25, -0.2) is 0 Å². The van der Waals surface area contributed by atoms with Gasteiger partial charge in [0.25, 0.3) is 0 Å². The van der Waals surface area contributed by atoms with Crippen molar-refractivity contribution < 1.29 is 20.1 Å². The third-order valence-electron chi connectivity index (χ3n) is 2.31. The lowest BCUT2D eigenvalue weighted by atomic mass is 10.0. The molecule has 0 bridgehead atoms. The van der Waals surface area contributed by atoms with Crippen molar-refractivity contribution in [3.8, 4) is 11.5 Å². The maximum absolute atomic E-state index is 10.6. The first-order valence-corrected chi connectivity index (χ1v) is 4.12. The molecule has 0 saturated carbocycles.